The van der Waals surface area contributed by atoms with E-state index in [1.807, 2.05) is 18.7 Å². The third-order valence-corrected chi connectivity index (χ3v) is 5.70. The largest absolute Gasteiger partial charge is 0.383 e. The first-order chi connectivity index (χ1) is 9.13. The van der Waals surface area contributed by atoms with Crippen molar-refractivity contribution in [3.05, 3.63) is 18.3 Å². The van der Waals surface area contributed by atoms with Gasteiger partial charge in [0.2, 0.25) is 0 Å². The van der Waals surface area contributed by atoms with Gasteiger partial charge in [-0.15, -0.1) is 0 Å². The summed E-state index contributed by atoms with van der Waals surface area (Å²) < 4.78 is 27.2. The fraction of sp³-hybridized carbons (Fsp3) is 0.583. The highest BCUT2D eigenvalue weighted by Crippen LogP contribution is 2.26. The van der Waals surface area contributed by atoms with E-state index in [2.05, 4.69) is 15.0 Å². The summed E-state index contributed by atoms with van der Waals surface area (Å²) in [7, 11) is -3.54. The number of hydrogen-bond donors (Lipinski definition) is 2. The van der Waals surface area contributed by atoms with Crippen LogP contribution in [0.4, 0.5) is 5.69 Å². The van der Waals surface area contributed by atoms with Gasteiger partial charge in [-0.25, -0.2) is 18.1 Å². The molecule has 0 radical (unpaired) electrons. The third-order valence-electron chi connectivity index (χ3n) is 2.92. The highest BCUT2D eigenvalue weighted by atomic mass is 32.2. The molecule has 1 aliphatic heterocycles. The molecule has 0 amide bonds. The predicted octanol–water partition coefficient (Wildman–Crippen LogP) is 1.69. The minimum atomic E-state index is -3.54. The Hall–Kier alpha value is -0.790. The monoisotopic (exact) mass is 301 g/mol. The zero-order valence-electron chi connectivity index (χ0n) is 10.9. The molecule has 0 spiro atoms. The topological polar surface area (TPSA) is 71.1 Å². The standard InChI is InChI=1S/C12H19N3O2S2/c1-2-13-11-6-3-7-14-12(11)19(16,17)15-9-10-5-4-8-18-10/h3,6-7,10,13,15H,2,4-5,8-9H2,1H3. The van der Waals surface area contributed by atoms with Crippen molar-refractivity contribution >= 4 is 27.5 Å². The molecule has 0 bridgehead atoms. The lowest BCUT2D eigenvalue weighted by atomic mass is 10.2. The number of thioether (sulfide) groups is 1. The number of sulfonamides is 1. The molecule has 0 aliphatic carbocycles. The van der Waals surface area contributed by atoms with Crippen LogP contribution in [-0.2, 0) is 10.0 Å². The molecule has 2 rings (SSSR count). The smallest absolute Gasteiger partial charge is 0.260 e. The maximum atomic E-state index is 12.3. The fourth-order valence-corrected chi connectivity index (χ4v) is 4.50. The summed E-state index contributed by atoms with van der Waals surface area (Å²) in [5.74, 6) is 1.12. The van der Waals surface area contributed by atoms with Crippen molar-refractivity contribution in [3.63, 3.8) is 0 Å². The Balaban J connectivity index is 2.09. The Labute approximate surface area is 118 Å². The molecular weight excluding hydrogens is 282 g/mol. The highest BCUT2D eigenvalue weighted by molar-refractivity contribution is 8.00. The van der Waals surface area contributed by atoms with E-state index in [1.54, 1.807) is 12.1 Å². The Bertz CT molecular complexity index is 513. The SMILES string of the molecule is CCNc1cccnc1S(=O)(=O)NCC1CCCS1. The lowest BCUT2D eigenvalue weighted by molar-refractivity contribution is 0.575. The molecule has 106 valence electrons. The lowest BCUT2D eigenvalue weighted by Gasteiger charge is -2.13. The van der Waals surface area contributed by atoms with E-state index in [0.29, 0.717) is 24.0 Å². The maximum Gasteiger partial charge on any atom is 0.260 e. The molecule has 5 nitrogen and oxygen atoms in total. The molecule has 1 atom stereocenters. The molecule has 1 unspecified atom stereocenters. The molecule has 2 N–H and O–H groups in total. The normalized spacial score (nSPS) is 19.5. The van der Waals surface area contributed by atoms with E-state index in [0.717, 1.165) is 12.2 Å². The first-order valence-electron chi connectivity index (χ1n) is 6.43. The Kier molecular flexibility index (Phi) is 5.06. The Morgan fingerprint density at radius 3 is 3.05 bits per heavy atom. The first-order valence-corrected chi connectivity index (χ1v) is 8.97. The zero-order valence-corrected chi connectivity index (χ0v) is 12.6. The molecule has 1 aromatic rings. The zero-order chi connectivity index (χ0) is 13.7. The van der Waals surface area contributed by atoms with E-state index >= 15 is 0 Å². The van der Waals surface area contributed by atoms with Gasteiger partial charge in [-0.2, -0.15) is 11.8 Å². The van der Waals surface area contributed by atoms with Gasteiger partial charge in [-0.05, 0) is 37.7 Å². The van der Waals surface area contributed by atoms with Crippen LogP contribution in [0.1, 0.15) is 19.8 Å². The molecule has 1 saturated heterocycles. The molecule has 0 saturated carbocycles. The molecule has 2 heterocycles. The number of nitrogens with one attached hydrogen (secondary N) is 2. The van der Waals surface area contributed by atoms with Crippen LogP contribution in [0.5, 0.6) is 0 Å². The van der Waals surface area contributed by atoms with Gasteiger partial charge >= 0.3 is 0 Å². The van der Waals surface area contributed by atoms with Crippen LogP contribution in [0.15, 0.2) is 23.4 Å². The number of anilines is 1. The summed E-state index contributed by atoms with van der Waals surface area (Å²) in [5, 5.41) is 3.50. The Morgan fingerprint density at radius 1 is 1.53 bits per heavy atom. The number of hydrogen-bond acceptors (Lipinski definition) is 5. The number of nitrogens with zero attached hydrogens (tertiary/aromatic N) is 1. The second-order valence-corrected chi connectivity index (χ2v) is 7.46. The number of aromatic nitrogens is 1. The van der Waals surface area contributed by atoms with Crippen molar-refractivity contribution in [3.8, 4) is 0 Å². The predicted molar refractivity (Wildman–Crippen MR) is 79.1 cm³/mol. The van der Waals surface area contributed by atoms with Gasteiger partial charge in [-0.3, -0.25) is 0 Å². The van der Waals surface area contributed by atoms with Crippen molar-refractivity contribution in [2.45, 2.75) is 30.0 Å². The van der Waals surface area contributed by atoms with Gasteiger partial charge in [0, 0.05) is 24.5 Å². The second-order valence-electron chi connectivity index (χ2n) is 4.37. The summed E-state index contributed by atoms with van der Waals surface area (Å²) in [6, 6.07) is 3.46. The van der Waals surface area contributed by atoms with Gasteiger partial charge < -0.3 is 5.32 Å². The highest BCUT2D eigenvalue weighted by Gasteiger charge is 2.23. The first kappa shape index (κ1) is 14.6. The maximum absolute atomic E-state index is 12.3. The summed E-state index contributed by atoms with van der Waals surface area (Å²) in [4.78, 5) is 3.99. The van der Waals surface area contributed by atoms with Crippen LogP contribution in [0, 0.1) is 0 Å². The minimum Gasteiger partial charge on any atom is -0.383 e. The molecule has 1 fully saturated rings. The summed E-state index contributed by atoms with van der Waals surface area (Å²) in [6.07, 6.45) is 3.75. The van der Waals surface area contributed by atoms with Gasteiger partial charge in [0.15, 0.2) is 5.03 Å². The van der Waals surface area contributed by atoms with Gasteiger partial charge in [-0.1, -0.05) is 0 Å². The molecular formula is C12H19N3O2S2. The third kappa shape index (κ3) is 3.84. The van der Waals surface area contributed by atoms with Gasteiger partial charge in [0.1, 0.15) is 0 Å². The van der Waals surface area contributed by atoms with Crippen LogP contribution >= 0.6 is 11.8 Å². The van der Waals surface area contributed by atoms with E-state index in [9.17, 15) is 8.42 Å². The molecule has 7 heteroatoms. The lowest BCUT2D eigenvalue weighted by Crippen LogP contribution is -2.31. The van der Waals surface area contributed by atoms with E-state index < -0.39 is 10.0 Å². The average molecular weight is 301 g/mol. The van der Waals surface area contributed by atoms with Crippen LogP contribution in [-0.4, -0.2) is 37.5 Å². The summed E-state index contributed by atoms with van der Waals surface area (Å²) in [5.41, 5.74) is 0.552. The van der Waals surface area contributed by atoms with E-state index in [-0.39, 0.29) is 5.03 Å². The molecule has 0 aromatic carbocycles. The van der Waals surface area contributed by atoms with Crippen molar-refractivity contribution < 1.29 is 8.42 Å². The van der Waals surface area contributed by atoms with Crippen LogP contribution in [0.2, 0.25) is 0 Å². The average Bonchev–Trinajstić information content (AvgIpc) is 2.91. The number of pyridine rings is 1. The van der Waals surface area contributed by atoms with Crippen molar-refractivity contribution in [1.29, 1.82) is 0 Å². The Morgan fingerprint density at radius 2 is 2.37 bits per heavy atom. The van der Waals surface area contributed by atoms with E-state index in [4.69, 9.17) is 0 Å². The number of rotatable bonds is 6. The van der Waals surface area contributed by atoms with Gasteiger partial charge in [0.05, 0.1) is 5.69 Å². The van der Waals surface area contributed by atoms with Gasteiger partial charge in [0.25, 0.3) is 10.0 Å². The second kappa shape index (κ2) is 6.58. The summed E-state index contributed by atoms with van der Waals surface area (Å²) >= 11 is 1.83. The summed E-state index contributed by atoms with van der Waals surface area (Å²) in [6.45, 7) is 3.06. The van der Waals surface area contributed by atoms with Crippen molar-refractivity contribution in [2.24, 2.45) is 0 Å². The molecule has 19 heavy (non-hydrogen) atoms. The molecule has 1 aliphatic rings. The van der Waals surface area contributed by atoms with Crippen molar-refractivity contribution in [1.82, 2.24) is 9.71 Å². The van der Waals surface area contributed by atoms with Crippen LogP contribution in [0.3, 0.4) is 0 Å². The quantitative estimate of drug-likeness (QED) is 0.836. The fourth-order valence-electron chi connectivity index (χ4n) is 2.01. The molecule has 1 aromatic heterocycles. The van der Waals surface area contributed by atoms with Crippen LogP contribution < -0.4 is 10.0 Å². The van der Waals surface area contributed by atoms with Crippen LogP contribution in [0.25, 0.3) is 0 Å². The van der Waals surface area contributed by atoms with E-state index in [1.165, 1.54) is 12.6 Å². The van der Waals surface area contributed by atoms with Crippen molar-refractivity contribution in [2.75, 3.05) is 24.2 Å². The minimum absolute atomic E-state index is 0.0832.